The number of hydrogen-bond acceptors (Lipinski definition) is 11. The summed E-state index contributed by atoms with van der Waals surface area (Å²) < 4.78 is 27.6. The van der Waals surface area contributed by atoms with Crippen LogP contribution in [-0.4, -0.2) is 66.2 Å². The normalized spacial score (nSPS) is 22.9. The van der Waals surface area contributed by atoms with E-state index in [-0.39, 0.29) is 11.7 Å². The lowest BCUT2D eigenvalue weighted by atomic mass is 9.94. The topological polar surface area (TPSA) is 165 Å². The van der Waals surface area contributed by atoms with Gasteiger partial charge in [-0.15, -0.1) is 0 Å². The van der Waals surface area contributed by atoms with E-state index in [4.69, 9.17) is 41.6 Å². The SMILES string of the molecule is CC(=O)OCC1OC(NC(=S)NC(c2ccccc2)C(N)c2ccccc2)C(OC(C)=O)C(OC(C)=O)C1OC(C)=O. The molecule has 0 amide bonds. The molecule has 4 N–H and O–H groups in total. The number of hydrogen-bond donors (Lipinski definition) is 3. The second-order valence-electron chi connectivity index (χ2n) is 9.56. The van der Waals surface area contributed by atoms with Crippen LogP contribution in [0.25, 0.3) is 0 Å². The van der Waals surface area contributed by atoms with E-state index in [9.17, 15) is 19.2 Å². The van der Waals surface area contributed by atoms with Crippen molar-refractivity contribution in [3.05, 3.63) is 71.8 Å². The second kappa shape index (κ2) is 15.2. The summed E-state index contributed by atoms with van der Waals surface area (Å²) in [6.45, 7) is 4.30. The summed E-state index contributed by atoms with van der Waals surface area (Å²) in [4.78, 5) is 47.7. The van der Waals surface area contributed by atoms with Gasteiger partial charge in [-0.2, -0.15) is 0 Å². The minimum absolute atomic E-state index is 0.0659. The monoisotopic (exact) mass is 601 g/mol. The maximum atomic E-state index is 12.1. The summed E-state index contributed by atoms with van der Waals surface area (Å²) >= 11 is 5.64. The summed E-state index contributed by atoms with van der Waals surface area (Å²) in [5.74, 6) is -2.80. The van der Waals surface area contributed by atoms with Crippen molar-refractivity contribution in [2.45, 2.75) is 70.4 Å². The molecule has 2 aromatic rings. The molecule has 0 aromatic heterocycles. The van der Waals surface area contributed by atoms with E-state index in [1.54, 1.807) is 0 Å². The molecule has 42 heavy (non-hydrogen) atoms. The van der Waals surface area contributed by atoms with Gasteiger partial charge in [-0.05, 0) is 23.3 Å². The van der Waals surface area contributed by atoms with E-state index in [1.807, 2.05) is 60.7 Å². The average molecular weight is 602 g/mol. The maximum Gasteiger partial charge on any atom is 0.303 e. The van der Waals surface area contributed by atoms with Crippen LogP contribution in [-0.2, 0) is 42.9 Å². The van der Waals surface area contributed by atoms with Crippen LogP contribution in [0.5, 0.6) is 0 Å². The third kappa shape index (κ3) is 9.23. The largest absolute Gasteiger partial charge is 0.463 e. The van der Waals surface area contributed by atoms with Gasteiger partial charge in [-0.25, -0.2) is 0 Å². The Balaban J connectivity index is 1.93. The van der Waals surface area contributed by atoms with Gasteiger partial charge in [0.2, 0.25) is 0 Å². The number of thiocarbonyl (C=S) groups is 1. The number of nitrogens with one attached hydrogen (secondary N) is 2. The smallest absolute Gasteiger partial charge is 0.303 e. The zero-order valence-corrected chi connectivity index (χ0v) is 24.5. The molecule has 13 heteroatoms. The fraction of sp³-hybridized carbons (Fsp3) is 0.414. The zero-order valence-electron chi connectivity index (χ0n) is 23.7. The van der Waals surface area contributed by atoms with Crippen LogP contribution in [0.1, 0.15) is 50.9 Å². The van der Waals surface area contributed by atoms with Crippen molar-refractivity contribution in [1.82, 2.24) is 10.6 Å². The molecular formula is C29H35N3O9S. The number of esters is 4. The molecule has 1 saturated heterocycles. The summed E-state index contributed by atoms with van der Waals surface area (Å²) in [7, 11) is 0. The van der Waals surface area contributed by atoms with E-state index < -0.39 is 66.6 Å². The Hall–Kier alpha value is -4.07. The highest BCUT2D eigenvalue weighted by molar-refractivity contribution is 7.80. The Morgan fingerprint density at radius 3 is 1.81 bits per heavy atom. The van der Waals surface area contributed by atoms with Crippen molar-refractivity contribution in [3.8, 4) is 0 Å². The standard InChI is InChI=1S/C29H35N3O9S/c1-16(33)37-15-22-25(38-17(2)34)26(39-18(3)35)27(40-19(4)36)28(41-22)32-29(42)31-24(21-13-9-6-10-14-21)23(30)20-11-7-5-8-12-20/h5-14,22-28H,15,30H2,1-4H3,(H2,31,32,42). The third-order valence-corrected chi connectivity index (χ3v) is 6.49. The minimum atomic E-state index is -1.33. The lowest BCUT2D eigenvalue weighted by molar-refractivity contribution is -0.254. The Morgan fingerprint density at radius 2 is 1.29 bits per heavy atom. The fourth-order valence-electron chi connectivity index (χ4n) is 4.57. The molecule has 0 bridgehead atoms. The number of carbonyl (C=O) groups is 4. The summed E-state index contributed by atoms with van der Waals surface area (Å²) in [6, 6.07) is 17.8. The highest BCUT2D eigenvalue weighted by atomic mass is 32.1. The third-order valence-electron chi connectivity index (χ3n) is 6.25. The molecule has 226 valence electrons. The number of nitrogens with two attached hydrogens (primary N) is 1. The lowest BCUT2D eigenvalue weighted by Crippen LogP contribution is -2.67. The van der Waals surface area contributed by atoms with Gasteiger partial charge in [0.25, 0.3) is 0 Å². The van der Waals surface area contributed by atoms with E-state index in [0.717, 1.165) is 31.9 Å². The molecule has 1 fully saturated rings. The van der Waals surface area contributed by atoms with Crippen LogP contribution >= 0.6 is 12.2 Å². The molecule has 7 atom stereocenters. The van der Waals surface area contributed by atoms with E-state index in [2.05, 4.69) is 10.6 Å². The van der Waals surface area contributed by atoms with Gasteiger partial charge < -0.3 is 40.1 Å². The van der Waals surface area contributed by atoms with E-state index in [1.165, 1.54) is 6.92 Å². The number of rotatable bonds is 10. The van der Waals surface area contributed by atoms with Crippen LogP contribution in [0.3, 0.4) is 0 Å². The van der Waals surface area contributed by atoms with Crippen molar-refractivity contribution in [1.29, 1.82) is 0 Å². The molecule has 12 nitrogen and oxygen atoms in total. The van der Waals surface area contributed by atoms with Gasteiger partial charge in [0.1, 0.15) is 12.7 Å². The van der Waals surface area contributed by atoms with Crippen LogP contribution in [0.4, 0.5) is 0 Å². The zero-order chi connectivity index (χ0) is 30.8. The average Bonchev–Trinajstić information content (AvgIpc) is 2.93. The predicted molar refractivity (Wildman–Crippen MR) is 153 cm³/mol. The van der Waals surface area contributed by atoms with E-state index in [0.29, 0.717) is 0 Å². The molecule has 2 aromatic carbocycles. The Bertz CT molecular complexity index is 1250. The molecular weight excluding hydrogens is 566 g/mol. The Labute approximate surface area is 249 Å². The molecule has 1 aliphatic heterocycles. The molecule has 0 spiro atoms. The molecule has 7 unspecified atom stereocenters. The van der Waals surface area contributed by atoms with E-state index >= 15 is 0 Å². The molecule has 0 aliphatic carbocycles. The fourth-order valence-corrected chi connectivity index (χ4v) is 4.81. The number of carbonyl (C=O) groups excluding carboxylic acids is 4. The molecule has 1 aliphatic rings. The summed E-state index contributed by atoms with van der Waals surface area (Å²) in [5, 5.41) is 6.25. The number of ether oxygens (including phenoxy) is 5. The first-order valence-corrected chi connectivity index (χ1v) is 13.6. The first kappa shape index (κ1) is 32.4. The molecule has 0 radical (unpaired) electrons. The van der Waals surface area contributed by atoms with Crippen LogP contribution in [0.2, 0.25) is 0 Å². The van der Waals surface area contributed by atoms with Crippen molar-refractivity contribution in [3.63, 3.8) is 0 Å². The number of benzene rings is 2. The molecule has 1 heterocycles. The van der Waals surface area contributed by atoms with Gasteiger partial charge in [-0.3, -0.25) is 19.2 Å². The highest BCUT2D eigenvalue weighted by Crippen LogP contribution is 2.30. The highest BCUT2D eigenvalue weighted by Gasteiger charge is 2.52. The maximum absolute atomic E-state index is 12.1. The molecule has 0 saturated carbocycles. The van der Waals surface area contributed by atoms with Crippen molar-refractivity contribution < 1.29 is 42.9 Å². The van der Waals surface area contributed by atoms with Crippen molar-refractivity contribution in [2.75, 3.05) is 6.61 Å². The second-order valence-corrected chi connectivity index (χ2v) is 9.97. The Kier molecular flexibility index (Phi) is 11.8. The van der Waals surface area contributed by atoms with Gasteiger partial charge >= 0.3 is 23.9 Å². The first-order chi connectivity index (χ1) is 20.0. The quantitative estimate of drug-likeness (QED) is 0.206. The lowest BCUT2D eigenvalue weighted by Gasteiger charge is -2.44. The Morgan fingerprint density at radius 1 is 0.786 bits per heavy atom. The summed E-state index contributed by atoms with van der Waals surface area (Å²) in [5.41, 5.74) is 8.37. The van der Waals surface area contributed by atoms with Crippen molar-refractivity contribution >= 4 is 41.2 Å². The summed E-state index contributed by atoms with van der Waals surface area (Å²) in [6.07, 6.45) is -6.28. The van der Waals surface area contributed by atoms with Crippen LogP contribution in [0.15, 0.2) is 60.7 Å². The van der Waals surface area contributed by atoms with Gasteiger partial charge in [0.05, 0.1) is 12.1 Å². The predicted octanol–water partition coefficient (Wildman–Crippen LogP) is 1.97. The van der Waals surface area contributed by atoms with Crippen LogP contribution < -0.4 is 16.4 Å². The minimum Gasteiger partial charge on any atom is -0.463 e. The first-order valence-electron chi connectivity index (χ1n) is 13.2. The van der Waals surface area contributed by atoms with Gasteiger partial charge in [0.15, 0.2) is 29.7 Å². The van der Waals surface area contributed by atoms with Crippen molar-refractivity contribution in [2.24, 2.45) is 5.73 Å². The molecule has 3 rings (SSSR count). The van der Waals surface area contributed by atoms with Gasteiger partial charge in [-0.1, -0.05) is 60.7 Å². The van der Waals surface area contributed by atoms with Gasteiger partial charge in [0, 0.05) is 27.7 Å². The van der Waals surface area contributed by atoms with Crippen LogP contribution in [0, 0.1) is 0 Å².